The Balaban J connectivity index is 0.000000997. The third kappa shape index (κ3) is 21.0. The standard InChI is InChI=1S/C15H34N6.4ClH.2Cu/c1(10-20-12-6-16-2-3-17-7-13-20)11-21-14-8-18-4-5-19-9-15-21;;;;;;/h16-19H,1-15H2;4*1H;;/q;;;;;2*+2/p-4. The number of hydrogen-bond donors (Lipinski definition) is 4. The molecule has 6 nitrogen and oxygen atoms in total. The second-order valence-corrected chi connectivity index (χ2v) is 9.23. The predicted molar refractivity (Wildman–Crippen MR) is 112 cm³/mol. The molecule has 0 aliphatic carbocycles. The maximum absolute atomic E-state index is 4.67. The van der Waals surface area contributed by atoms with Crippen molar-refractivity contribution in [3.63, 3.8) is 0 Å². The Morgan fingerprint density at radius 3 is 1.04 bits per heavy atom. The molecule has 0 aromatic heterocycles. The molecular weight excluding hydrogens is 533 g/mol. The second-order valence-electron chi connectivity index (χ2n) is 6.12. The SMILES string of the molecule is C(CN1CCNCCNCC1)CN1CCNCCNCC1.[Cl][Cu][Cl].[Cl][Cu][Cl]. The summed E-state index contributed by atoms with van der Waals surface area (Å²) in [5.74, 6) is 0. The molecule has 2 fully saturated rings. The topological polar surface area (TPSA) is 54.6 Å². The van der Waals surface area contributed by atoms with Crippen molar-refractivity contribution in [2.24, 2.45) is 0 Å². The third-order valence-electron chi connectivity index (χ3n) is 4.33. The van der Waals surface area contributed by atoms with Crippen molar-refractivity contribution >= 4 is 40.4 Å². The van der Waals surface area contributed by atoms with Crippen LogP contribution in [0.5, 0.6) is 0 Å². The van der Waals surface area contributed by atoms with Gasteiger partial charge < -0.3 is 31.1 Å². The molecule has 0 radical (unpaired) electrons. The molecule has 0 aromatic carbocycles. The van der Waals surface area contributed by atoms with E-state index < -0.39 is 0 Å². The molecule has 0 bridgehead atoms. The molecule has 2 heterocycles. The maximum atomic E-state index is 4.67. The van der Waals surface area contributed by atoms with Gasteiger partial charge in [0.2, 0.25) is 0 Å². The van der Waals surface area contributed by atoms with Crippen LogP contribution in [0.1, 0.15) is 6.42 Å². The van der Waals surface area contributed by atoms with E-state index >= 15 is 0 Å². The first-order chi connectivity index (χ1) is 13.3. The second kappa shape index (κ2) is 24.2. The summed E-state index contributed by atoms with van der Waals surface area (Å²) in [5, 5.41) is 14.0. The van der Waals surface area contributed by atoms with Crippen molar-refractivity contribution in [1.82, 2.24) is 31.1 Å². The van der Waals surface area contributed by atoms with Gasteiger partial charge in [0.1, 0.15) is 0 Å². The zero-order valence-corrected chi connectivity index (χ0v) is 20.5. The first-order valence-electron chi connectivity index (χ1n) is 9.18. The summed E-state index contributed by atoms with van der Waals surface area (Å²) in [4.78, 5) is 5.19. The molecule has 0 saturated carbocycles. The molecule has 27 heavy (non-hydrogen) atoms. The molecular formula is C15H34Cl4Cu2N6. The third-order valence-corrected chi connectivity index (χ3v) is 4.33. The van der Waals surface area contributed by atoms with Gasteiger partial charge in [-0.3, -0.25) is 0 Å². The predicted octanol–water partition coefficient (Wildman–Crippen LogP) is 1.12. The molecule has 4 N–H and O–H groups in total. The van der Waals surface area contributed by atoms with Crippen LogP contribution >= 0.6 is 40.4 Å². The average Bonchev–Trinajstić information content (AvgIpc) is 2.87. The van der Waals surface area contributed by atoms with E-state index in [4.69, 9.17) is 0 Å². The van der Waals surface area contributed by atoms with Gasteiger partial charge in [-0.05, 0) is 19.5 Å². The van der Waals surface area contributed by atoms with Crippen molar-refractivity contribution in [2.75, 3.05) is 91.6 Å². The summed E-state index contributed by atoms with van der Waals surface area (Å²) in [6.45, 7) is 16.1. The molecule has 2 aliphatic rings. The van der Waals surface area contributed by atoms with Crippen molar-refractivity contribution in [1.29, 1.82) is 0 Å². The van der Waals surface area contributed by atoms with Gasteiger partial charge >= 0.3 is 66.7 Å². The summed E-state index contributed by atoms with van der Waals surface area (Å²) < 4.78 is 0. The molecule has 12 heteroatoms. The van der Waals surface area contributed by atoms with E-state index in [-0.39, 0.29) is 0 Å². The van der Waals surface area contributed by atoms with Crippen molar-refractivity contribution < 1.29 is 26.3 Å². The number of nitrogens with zero attached hydrogens (tertiary/aromatic N) is 2. The Labute approximate surface area is 194 Å². The van der Waals surface area contributed by atoms with Crippen LogP contribution < -0.4 is 21.3 Å². The van der Waals surface area contributed by atoms with E-state index in [9.17, 15) is 0 Å². The minimum absolute atomic E-state index is 0.757. The van der Waals surface area contributed by atoms with E-state index in [0.717, 1.165) is 78.6 Å². The van der Waals surface area contributed by atoms with Gasteiger partial charge in [-0.25, -0.2) is 0 Å². The molecule has 174 valence electrons. The fourth-order valence-corrected chi connectivity index (χ4v) is 2.99. The van der Waals surface area contributed by atoms with Gasteiger partial charge in [0, 0.05) is 78.5 Å². The number of halogens is 4. The number of nitrogens with one attached hydrogen (secondary N) is 4. The molecule has 0 amide bonds. The van der Waals surface area contributed by atoms with E-state index in [1.165, 1.54) is 45.7 Å². The van der Waals surface area contributed by atoms with Crippen LogP contribution in [0.3, 0.4) is 0 Å². The molecule has 2 aliphatic heterocycles. The summed E-state index contributed by atoms with van der Waals surface area (Å²) in [6.07, 6.45) is 1.28. The quantitative estimate of drug-likeness (QED) is 0.383. The molecule has 2 saturated heterocycles. The number of rotatable bonds is 4. The average molecular weight is 567 g/mol. The normalized spacial score (nSPS) is 21.2. The van der Waals surface area contributed by atoms with Gasteiger partial charge in [0.05, 0.1) is 0 Å². The van der Waals surface area contributed by atoms with Crippen LogP contribution in [-0.4, -0.2) is 101 Å². The van der Waals surface area contributed by atoms with Gasteiger partial charge in [0.15, 0.2) is 0 Å². The van der Waals surface area contributed by atoms with Crippen LogP contribution in [0.2, 0.25) is 0 Å². The zero-order chi connectivity index (χ0) is 20.0. The van der Waals surface area contributed by atoms with E-state index in [2.05, 4.69) is 71.5 Å². The van der Waals surface area contributed by atoms with E-state index in [0.29, 0.717) is 0 Å². The summed E-state index contributed by atoms with van der Waals surface area (Å²) in [5.41, 5.74) is 0. The summed E-state index contributed by atoms with van der Waals surface area (Å²) >= 11 is 1.51. The number of hydrogen-bond acceptors (Lipinski definition) is 6. The van der Waals surface area contributed by atoms with Gasteiger partial charge in [-0.1, -0.05) is 0 Å². The van der Waals surface area contributed by atoms with Crippen LogP contribution in [-0.2, 0) is 26.3 Å². The van der Waals surface area contributed by atoms with Crippen molar-refractivity contribution in [3.05, 3.63) is 0 Å². The van der Waals surface area contributed by atoms with Crippen LogP contribution in [0.4, 0.5) is 0 Å². The summed E-state index contributed by atoms with van der Waals surface area (Å²) in [6, 6.07) is 0. The molecule has 2 rings (SSSR count). The van der Waals surface area contributed by atoms with Crippen molar-refractivity contribution in [3.8, 4) is 0 Å². The van der Waals surface area contributed by atoms with E-state index in [1.54, 1.807) is 0 Å². The molecule has 0 spiro atoms. The van der Waals surface area contributed by atoms with Gasteiger partial charge in [-0.15, -0.1) is 0 Å². The fourth-order valence-electron chi connectivity index (χ4n) is 2.99. The first-order valence-corrected chi connectivity index (χ1v) is 14.4. The van der Waals surface area contributed by atoms with Crippen LogP contribution in [0, 0.1) is 0 Å². The Hall–Kier alpha value is 1.96. The zero-order valence-electron chi connectivity index (χ0n) is 15.6. The Morgan fingerprint density at radius 2 is 0.778 bits per heavy atom. The Kier molecular flexibility index (Phi) is 26.0. The molecule has 0 atom stereocenters. The summed E-state index contributed by atoms with van der Waals surface area (Å²) in [7, 11) is 18.7. The molecule has 0 aromatic rings. The van der Waals surface area contributed by atoms with Crippen molar-refractivity contribution in [2.45, 2.75) is 6.42 Å². The molecule has 0 unspecified atom stereocenters. The monoisotopic (exact) mass is 564 g/mol. The Morgan fingerprint density at radius 1 is 0.519 bits per heavy atom. The van der Waals surface area contributed by atoms with Gasteiger partial charge in [0.25, 0.3) is 0 Å². The van der Waals surface area contributed by atoms with E-state index in [1.807, 2.05) is 0 Å². The minimum atomic E-state index is 0.757. The fraction of sp³-hybridized carbons (Fsp3) is 1.00. The van der Waals surface area contributed by atoms with Crippen LogP contribution in [0.25, 0.3) is 0 Å². The van der Waals surface area contributed by atoms with Crippen LogP contribution in [0.15, 0.2) is 0 Å². The van der Waals surface area contributed by atoms with Gasteiger partial charge in [-0.2, -0.15) is 0 Å². The Bertz CT molecular complexity index is 255. The first kappa shape index (κ1) is 29.0.